The normalized spacial score (nSPS) is 18.3. The Bertz CT molecular complexity index is 882. The van der Waals surface area contributed by atoms with Crippen LogP contribution in [0, 0.1) is 28.9 Å². The molecule has 1 saturated carbocycles. The highest BCUT2D eigenvalue weighted by atomic mass is 19.1. The highest BCUT2D eigenvalue weighted by Gasteiger charge is 2.44. The molecule has 1 aromatic heterocycles. The lowest BCUT2D eigenvalue weighted by molar-refractivity contribution is -0.105. The molecule has 0 spiro atoms. The Hall–Kier alpha value is -3.18. The Labute approximate surface area is 181 Å². The van der Waals surface area contributed by atoms with Gasteiger partial charge in [-0.25, -0.2) is 18.7 Å². The first-order valence-electron chi connectivity index (χ1n) is 10.0. The molecule has 2 aromatic rings. The third-order valence-corrected chi connectivity index (χ3v) is 4.89. The summed E-state index contributed by atoms with van der Waals surface area (Å²) < 4.78 is 29.1. The van der Waals surface area contributed by atoms with Crippen LogP contribution in [0.1, 0.15) is 31.4 Å². The van der Waals surface area contributed by atoms with Gasteiger partial charge in [0.2, 0.25) is 5.88 Å². The van der Waals surface area contributed by atoms with E-state index in [0.717, 1.165) is 24.3 Å². The van der Waals surface area contributed by atoms with Gasteiger partial charge in [0, 0.05) is 12.1 Å². The molecule has 2 unspecified atom stereocenters. The summed E-state index contributed by atoms with van der Waals surface area (Å²) in [7, 11) is 2.23. The largest absolute Gasteiger partial charge is 0.477 e. The average Bonchev–Trinajstić information content (AvgIpc) is 3.48. The Morgan fingerprint density at radius 1 is 1.35 bits per heavy atom. The number of piperidine rings is 1. The predicted molar refractivity (Wildman–Crippen MR) is 112 cm³/mol. The molecular formula is C23H26F2N4O2. The Morgan fingerprint density at radius 2 is 2.10 bits per heavy atom. The van der Waals surface area contributed by atoms with Crippen LogP contribution in [-0.4, -0.2) is 47.4 Å². The molecule has 31 heavy (non-hydrogen) atoms. The zero-order valence-electron chi connectivity index (χ0n) is 17.5. The molecule has 0 bridgehead atoms. The molecule has 6 nitrogen and oxygen atoms in total. The minimum atomic E-state index is -0.537. The topological polar surface area (TPSA) is 79.1 Å². The molecule has 1 aliphatic heterocycles. The number of nitrogens with zero attached hydrogens (tertiary/aromatic N) is 4. The van der Waals surface area contributed by atoms with Crippen molar-refractivity contribution < 1.29 is 18.3 Å². The standard InChI is InChI=1S/C11H11N3O2.C6H4F2.C6H11N/c1-9(8-15)3-2-4-16-11-7-13-10(5-12)6-14-11;7-5-2-1-3-6(8)4-5;1-7-3-2-5-4-6(5)7/h6-8H,1-4H2;1-4H;5-6H,2-4H2,1H3. The van der Waals surface area contributed by atoms with Crippen LogP contribution in [0.25, 0.3) is 0 Å². The molecular weight excluding hydrogens is 402 g/mol. The highest BCUT2D eigenvalue weighted by molar-refractivity contribution is 5.71. The summed E-state index contributed by atoms with van der Waals surface area (Å²) in [5.74, 6) is 0.413. The summed E-state index contributed by atoms with van der Waals surface area (Å²) in [6.07, 6.45) is 7.75. The van der Waals surface area contributed by atoms with E-state index in [-0.39, 0.29) is 5.69 Å². The van der Waals surface area contributed by atoms with Crippen LogP contribution >= 0.6 is 0 Å². The number of benzene rings is 1. The second-order valence-electron chi connectivity index (χ2n) is 7.35. The lowest BCUT2D eigenvalue weighted by Crippen LogP contribution is -2.16. The van der Waals surface area contributed by atoms with E-state index in [9.17, 15) is 13.6 Å². The lowest BCUT2D eigenvalue weighted by atomic mass is 10.2. The summed E-state index contributed by atoms with van der Waals surface area (Å²) in [5, 5.41) is 8.49. The molecule has 2 heterocycles. The van der Waals surface area contributed by atoms with Gasteiger partial charge in [0.15, 0.2) is 5.69 Å². The van der Waals surface area contributed by atoms with Gasteiger partial charge in [-0.3, -0.25) is 4.79 Å². The number of aromatic nitrogens is 2. The number of allylic oxidation sites excluding steroid dienone is 1. The van der Waals surface area contributed by atoms with E-state index in [4.69, 9.17) is 10.00 Å². The molecule has 2 fully saturated rings. The van der Waals surface area contributed by atoms with Crippen molar-refractivity contribution >= 4 is 6.29 Å². The van der Waals surface area contributed by atoms with E-state index in [2.05, 4.69) is 28.5 Å². The molecule has 2 aliphatic rings. The quantitative estimate of drug-likeness (QED) is 0.394. The van der Waals surface area contributed by atoms with E-state index >= 15 is 0 Å². The van der Waals surface area contributed by atoms with Crippen molar-refractivity contribution in [3.05, 3.63) is 66.1 Å². The summed E-state index contributed by atoms with van der Waals surface area (Å²) in [5.41, 5.74) is 0.802. The van der Waals surface area contributed by atoms with Gasteiger partial charge in [-0.1, -0.05) is 12.6 Å². The van der Waals surface area contributed by atoms with Gasteiger partial charge in [-0.15, -0.1) is 0 Å². The van der Waals surface area contributed by atoms with Crippen molar-refractivity contribution in [2.45, 2.75) is 31.7 Å². The first kappa shape index (κ1) is 24.1. The maximum Gasteiger partial charge on any atom is 0.232 e. The van der Waals surface area contributed by atoms with Crippen molar-refractivity contribution in [2.24, 2.45) is 5.92 Å². The minimum Gasteiger partial charge on any atom is -0.477 e. The van der Waals surface area contributed by atoms with Gasteiger partial charge >= 0.3 is 0 Å². The number of rotatable bonds is 6. The Morgan fingerprint density at radius 3 is 2.48 bits per heavy atom. The number of hydrogen-bond donors (Lipinski definition) is 0. The zero-order chi connectivity index (χ0) is 22.6. The van der Waals surface area contributed by atoms with Crippen LogP contribution in [0.2, 0.25) is 0 Å². The van der Waals surface area contributed by atoms with Gasteiger partial charge in [-0.05, 0) is 62.9 Å². The third kappa shape index (κ3) is 9.01. The monoisotopic (exact) mass is 428 g/mol. The van der Waals surface area contributed by atoms with Crippen molar-refractivity contribution in [1.29, 1.82) is 5.26 Å². The van der Waals surface area contributed by atoms with Gasteiger partial charge in [0.25, 0.3) is 0 Å². The Kier molecular flexibility index (Phi) is 9.72. The van der Waals surface area contributed by atoms with E-state index in [1.165, 1.54) is 50.0 Å². The van der Waals surface area contributed by atoms with Crippen LogP contribution < -0.4 is 4.74 Å². The highest BCUT2D eigenvalue weighted by Crippen LogP contribution is 2.43. The van der Waals surface area contributed by atoms with Crippen molar-refractivity contribution in [3.63, 3.8) is 0 Å². The van der Waals surface area contributed by atoms with Crippen LogP contribution in [0.3, 0.4) is 0 Å². The second-order valence-corrected chi connectivity index (χ2v) is 7.35. The zero-order valence-corrected chi connectivity index (χ0v) is 17.5. The van der Waals surface area contributed by atoms with Crippen molar-refractivity contribution in [2.75, 3.05) is 20.2 Å². The molecule has 164 valence electrons. The number of ether oxygens (including phenoxy) is 1. The molecule has 0 radical (unpaired) electrons. The maximum atomic E-state index is 11.9. The molecule has 8 heteroatoms. The summed E-state index contributed by atoms with van der Waals surface area (Å²) in [4.78, 5) is 20.4. The molecule has 1 aliphatic carbocycles. The number of likely N-dealkylation sites (tertiary alicyclic amines) is 1. The van der Waals surface area contributed by atoms with Crippen LogP contribution in [0.4, 0.5) is 8.78 Å². The fraction of sp³-hybridized carbons (Fsp3) is 0.391. The number of carbonyl (C=O) groups is 1. The van der Waals surface area contributed by atoms with Gasteiger partial charge < -0.3 is 9.64 Å². The third-order valence-electron chi connectivity index (χ3n) is 4.89. The van der Waals surface area contributed by atoms with Gasteiger partial charge in [-0.2, -0.15) is 5.26 Å². The van der Waals surface area contributed by atoms with E-state index < -0.39 is 11.6 Å². The van der Waals surface area contributed by atoms with Crippen LogP contribution in [-0.2, 0) is 4.79 Å². The first-order valence-corrected chi connectivity index (χ1v) is 10.0. The predicted octanol–water partition coefficient (Wildman–Crippen LogP) is 3.94. The number of hydrogen-bond acceptors (Lipinski definition) is 6. The molecule has 1 aromatic carbocycles. The van der Waals surface area contributed by atoms with Crippen LogP contribution in [0.15, 0.2) is 48.8 Å². The van der Waals surface area contributed by atoms with Crippen molar-refractivity contribution in [1.82, 2.24) is 14.9 Å². The summed E-state index contributed by atoms with van der Waals surface area (Å²) in [6.45, 7) is 5.35. The summed E-state index contributed by atoms with van der Waals surface area (Å²) in [6, 6.07) is 7.43. The van der Waals surface area contributed by atoms with E-state index in [0.29, 0.717) is 30.9 Å². The number of aldehydes is 1. The van der Waals surface area contributed by atoms with E-state index in [1.54, 1.807) is 0 Å². The summed E-state index contributed by atoms with van der Waals surface area (Å²) >= 11 is 0. The molecule has 2 atom stereocenters. The lowest BCUT2D eigenvalue weighted by Gasteiger charge is -2.06. The SMILES string of the molecule is C=C(C=O)CCCOc1cnc(C#N)cn1.CN1CCC2CC21.Fc1cccc(F)c1. The second kappa shape index (κ2) is 12.5. The van der Waals surface area contributed by atoms with Gasteiger partial charge in [0.05, 0.1) is 19.0 Å². The maximum absolute atomic E-state index is 11.9. The molecule has 4 rings (SSSR count). The number of nitriles is 1. The number of carbonyl (C=O) groups excluding carboxylic acids is 1. The van der Waals surface area contributed by atoms with E-state index in [1.807, 2.05) is 6.07 Å². The fourth-order valence-corrected chi connectivity index (χ4v) is 3.06. The van der Waals surface area contributed by atoms with Crippen LogP contribution in [0.5, 0.6) is 5.88 Å². The smallest absolute Gasteiger partial charge is 0.232 e. The van der Waals surface area contributed by atoms with Gasteiger partial charge in [0.1, 0.15) is 24.0 Å². The average molecular weight is 428 g/mol. The number of fused-ring (bicyclic) bond motifs is 1. The van der Waals surface area contributed by atoms with Crippen molar-refractivity contribution in [3.8, 4) is 11.9 Å². The molecule has 0 N–H and O–H groups in total. The Balaban J connectivity index is 0.000000186. The minimum absolute atomic E-state index is 0.252. The number of halogens is 2. The fourth-order valence-electron chi connectivity index (χ4n) is 3.06. The first-order chi connectivity index (χ1) is 14.9. The molecule has 1 saturated heterocycles. The molecule has 0 amide bonds.